The number of likely N-dealkylation sites (tertiary alicyclic amines) is 1. The summed E-state index contributed by atoms with van der Waals surface area (Å²) < 4.78 is 27.1. The molecule has 0 spiro atoms. The van der Waals surface area contributed by atoms with Gasteiger partial charge in [0.15, 0.2) is 0 Å². The van der Waals surface area contributed by atoms with Crippen molar-refractivity contribution >= 4 is 15.9 Å². The van der Waals surface area contributed by atoms with Gasteiger partial charge in [-0.1, -0.05) is 12.5 Å². The molecule has 1 aliphatic heterocycles. The number of hydrogen-bond donors (Lipinski definition) is 2. The maximum atomic E-state index is 12.3. The van der Waals surface area contributed by atoms with Gasteiger partial charge >= 0.3 is 0 Å². The molecule has 1 aliphatic rings. The quantitative estimate of drug-likeness (QED) is 0.722. The summed E-state index contributed by atoms with van der Waals surface area (Å²) in [5.41, 5.74) is 1.98. The predicted octanol–water partition coefficient (Wildman–Crippen LogP) is 1.96. The summed E-state index contributed by atoms with van der Waals surface area (Å²) >= 11 is 0. The Balaban J connectivity index is 1.71. The predicted molar refractivity (Wildman–Crippen MR) is 104 cm³/mol. The SMILES string of the molecule is Cc1ccc(S(=O)(=O)NCCC(=O)NCCN2CCCCC2C)cc1C. The summed E-state index contributed by atoms with van der Waals surface area (Å²) in [6.45, 7) is 8.68. The Morgan fingerprint density at radius 2 is 1.96 bits per heavy atom. The van der Waals surface area contributed by atoms with Crippen molar-refractivity contribution in [2.45, 2.75) is 57.4 Å². The van der Waals surface area contributed by atoms with Crippen LogP contribution in [0.1, 0.15) is 43.7 Å². The number of hydrogen-bond acceptors (Lipinski definition) is 4. The molecule has 146 valence electrons. The standard InChI is InChI=1S/C19H31N3O3S/c1-15-7-8-18(14-16(15)2)26(24,25)21-10-9-19(23)20-11-13-22-12-5-4-6-17(22)3/h7-8,14,17,21H,4-6,9-13H2,1-3H3,(H,20,23). The number of sulfonamides is 1. The highest BCUT2D eigenvalue weighted by molar-refractivity contribution is 7.89. The molecule has 1 amide bonds. The van der Waals surface area contributed by atoms with Gasteiger partial charge in [0.05, 0.1) is 4.90 Å². The van der Waals surface area contributed by atoms with Gasteiger partial charge in [0, 0.05) is 32.1 Å². The van der Waals surface area contributed by atoms with Gasteiger partial charge < -0.3 is 5.32 Å². The van der Waals surface area contributed by atoms with E-state index in [1.165, 1.54) is 19.3 Å². The van der Waals surface area contributed by atoms with E-state index >= 15 is 0 Å². The van der Waals surface area contributed by atoms with Crippen LogP contribution in [-0.4, -0.2) is 51.4 Å². The van der Waals surface area contributed by atoms with Crippen molar-refractivity contribution in [1.82, 2.24) is 14.9 Å². The Morgan fingerprint density at radius 3 is 2.65 bits per heavy atom. The number of carbonyl (C=O) groups is 1. The Bertz CT molecular complexity index is 719. The number of nitrogens with zero attached hydrogens (tertiary/aromatic N) is 1. The van der Waals surface area contributed by atoms with Gasteiger partial charge in [-0.25, -0.2) is 13.1 Å². The van der Waals surface area contributed by atoms with E-state index in [1.54, 1.807) is 18.2 Å². The minimum absolute atomic E-state index is 0.0984. The maximum absolute atomic E-state index is 12.3. The molecule has 0 saturated carbocycles. The largest absolute Gasteiger partial charge is 0.355 e. The smallest absolute Gasteiger partial charge is 0.240 e. The summed E-state index contributed by atoms with van der Waals surface area (Å²) in [5.74, 6) is -0.127. The zero-order valence-electron chi connectivity index (χ0n) is 16.0. The van der Waals surface area contributed by atoms with E-state index in [0.29, 0.717) is 12.6 Å². The second-order valence-corrected chi connectivity index (χ2v) is 8.89. The van der Waals surface area contributed by atoms with Gasteiger partial charge in [0.1, 0.15) is 0 Å². The Kier molecular flexibility index (Phi) is 7.61. The van der Waals surface area contributed by atoms with Crippen molar-refractivity contribution in [3.8, 4) is 0 Å². The van der Waals surface area contributed by atoms with E-state index in [1.807, 2.05) is 13.8 Å². The van der Waals surface area contributed by atoms with Gasteiger partial charge in [-0.05, 0) is 63.4 Å². The van der Waals surface area contributed by atoms with Crippen molar-refractivity contribution in [3.63, 3.8) is 0 Å². The third kappa shape index (κ3) is 6.07. The molecule has 1 fully saturated rings. The molecule has 1 unspecified atom stereocenters. The Hall–Kier alpha value is -1.44. The molecule has 1 heterocycles. The summed E-state index contributed by atoms with van der Waals surface area (Å²) in [6, 6.07) is 5.60. The van der Waals surface area contributed by atoms with Gasteiger partial charge in [0.25, 0.3) is 0 Å². The highest BCUT2D eigenvalue weighted by Crippen LogP contribution is 2.15. The summed E-state index contributed by atoms with van der Waals surface area (Å²) in [6.07, 6.45) is 3.86. The van der Waals surface area contributed by atoms with Crippen LogP contribution < -0.4 is 10.0 Å². The van der Waals surface area contributed by atoms with Crippen LogP contribution in [0.3, 0.4) is 0 Å². The van der Waals surface area contributed by atoms with Crippen molar-refractivity contribution in [1.29, 1.82) is 0 Å². The number of benzene rings is 1. The van der Waals surface area contributed by atoms with Crippen molar-refractivity contribution in [2.75, 3.05) is 26.2 Å². The molecule has 2 rings (SSSR count). The van der Waals surface area contributed by atoms with Gasteiger partial charge in [-0.3, -0.25) is 9.69 Å². The first-order valence-corrected chi connectivity index (χ1v) is 10.9. The molecule has 2 N–H and O–H groups in total. The lowest BCUT2D eigenvalue weighted by Gasteiger charge is -2.33. The van der Waals surface area contributed by atoms with Crippen molar-refractivity contribution < 1.29 is 13.2 Å². The third-order valence-corrected chi connectivity index (χ3v) is 6.55. The zero-order chi connectivity index (χ0) is 19.2. The molecule has 1 aromatic rings. The maximum Gasteiger partial charge on any atom is 0.240 e. The number of aryl methyl sites for hydroxylation is 2. The lowest BCUT2D eigenvalue weighted by Crippen LogP contribution is -2.42. The first kappa shape index (κ1) is 20.9. The monoisotopic (exact) mass is 381 g/mol. The van der Waals surface area contributed by atoms with Crippen LogP contribution in [-0.2, 0) is 14.8 Å². The Morgan fingerprint density at radius 1 is 1.19 bits per heavy atom. The lowest BCUT2D eigenvalue weighted by atomic mass is 10.0. The van der Waals surface area contributed by atoms with Gasteiger partial charge in [-0.2, -0.15) is 0 Å². The van der Waals surface area contributed by atoms with Gasteiger partial charge in [-0.15, -0.1) is 0 Å². The van der Waals surface area contributed by atoms with E-state index in [-0.39, 0.29) is 23.8 Å². The number of carbonyl (C=O) groups excluding carboxylic acids is 1. The molecule has 6 nitrogen and oxygen atoms in total. The molecular weight excluding hydrogens is 350 g/mol. The fourth-order valence-electron chi connectivity index (χ4n) is 3.18. The lowest BCUT2D eigenvalue weighted by molar-refractivity contribution is -0.121. The normalized spacial score (nSPS) is 18.7. The van der Waals surface area contributed by atoms with E-state index in [9.17, 15) is 13.2 Å². The summed E-state index contributed by atoms with van der Waals surface area (Å²) in [5, 5.41) is 2.88. The molecular formula is C19H31N3O3S. The zero-order valence-corrected chi connectivity index (χ0v) is 16.9. The first-order chi connectivity index (χ1) is 12.3. The fraction of sp³-hybridized carbons (Fsp3) is 0.632. The number of nitrogens with one attached hydrogen (secondary N) is 2. The number of piperidine rings is 1. The fourth-order valence-corrected chi connectivity index (χ4v) is 4.30. The molecule has 0 radical (unpaired) electrons. The summed E-state index contributed by atoms with van der Waals surface area (Å²) in [7, 11) is -3.58. The van der Waals surface area contributed by atoms with Crippen molar-refractivity contribution in [2.24, 2.45) is 0 Å². The molecule has 0 aromatic heterocycles. The summed E-state index contributed by atoms with van der Waals surface area (Å²) in [4.78, 5) is 14.6. The molecule has 0 bridgehead atoms. The average molecular weight is 382 g/mol. The number of rotatable bonds is 8. The average Bonchev–Trinajstić information content (AvgIpc) is 2.59. The molecule has 26 heavy (non-hydrogen) atoms. The van der Waals surface area contributed by atoms with Crippen LogP contribution in [0.5, 0.6) is 0 Å². The van der Waals surface area contributed by atoms with E-state index < -0.39 is 10.0 Å². The molecule has 0 aliphatic carbocycles. The van der Waals surface area contributed by atoms with Crippen molar-refractivity contribution in [3.05, 3.63) is 29.3 Å². The van der Waals surface area contributed by atoms with Crippen LogP contribution in [0.15, 0.2) is 23.1 Å². The Labute approximate surface area is 157 Å². The highest BCUT2D eigenvalue weighted by Gasteiger charge is 2.18. The first-order valence-electron chi connectivity index (χ1n) is 9.37. The van der Waals surface area contributed by atoms with Crippen LogP contribution in [0.25, 0.3) is 0 Å². The van der Waals surface area contributed by atoms with Gasteiger partial charge in [0.2, 0.25) is 15.9 Å². The van der Waals surface area contributed by atoms with E-state index in [0.717, 1.165) is 24.2 Å². The minimum atomic E-state index is -3.58. The molecule has 1 aromatic carbocycles. The minimum Gasteiger partial charge on any atom is -0.355 e. The van der Waals surface area contributed by atoms with Crippen LogP contribution in [0.2, 0.25) is 0 Å². The topological polar surface area (TPSA) is 78.5 Å². The molecule has 1 saturated heterocycles. The third-order valence-electron chi connectivity index (χ3n) is 5.09. The van der Waals surface area contributed by atoms with Crippen LogP contribution >= 0.6 is 0 Å². The highest BCUT2D eigenvalue weighted by atomic mass is 32.2. The number of amides is 1. The molecule has 1 atom stereocenters. The van der Waals surface area contributed by atoms with Crippen LogP contribution in [0, 0.1) is 13.8 Å². The second-order valence-electron chi connectivity index (χ2n) is 7.12. The van der Waals surface area contributed by atoms with E-state index in [4.69, 9.17) is 0 Å². The van der Waals surface area contributed by atoms with Crippen LogP contribution in [0.4, 0.5) is 0 Å². The van der Waals surface area contributed by atoms with E-state index in [2.05, 4.69) is 21.9 Å². The second kappa shape index (κ2) is 9.48. The molecule has 7 heteroatoms.